The maximum Gasteiger partial charge on any atom is 0.253 e. The second-order valence-electron chi connectivity index (χ2n) is 5.86. The number of amides is 2. The molecule has 2 amide bonds. The molecule has 2 heterocycles. The highest BCUT2D eigenvalue weighted by molar-refractivity contribution is 8.00. The van der Waals surface area contributed by atoms with Gasteiger partial charge in [0.1, 0.15) is 0 Å². The van der Waals surface area contributed by atoms with Gasteiger partial charge in [0.05, 0.1) is 10.9 Å². The van der Waals surface area contributed by atoms with Crippen molar-refractivity contribution in [1.82, 2.24) is 10.2 Å². The van der Waals surface area contributed by atoms with Gasteiger partial charge in [-0.1, -0.05) is 0 Å². The number of benzene rings is 1. The van der Waals surface area contributed by atoms with Crippen molar-refractivity contribution in [2.45, 2.75) is 36.0 Å². The molecule has 0 saturated carbocycles. The quantitative estimate of drug-likeness (QED) is 0.855. The lowest BCUT2D eigenvalue weighted by atomic mass is 10.0. The van der Waals surface area contributed by atoms with E-state index >= 15 is 0 Å². The highest BCUT2D eigenvalue weighted by Gasteiger charge is 2.26. The lowest BCUT2D eigenvalue weighted by Gasteiger charge is -2.32. The highest BCUT2D eigenvalue weighted by atomic mass is 35.5. The van der Waals surface area contributed by atoms with Crippen molar-refractivity contribution < 1.29 is 9.59 Å². The Labute approximate surface area is 147 Å². The first-order valence-electron chi connectivity index (χ1n) is 7.65. The summed E-state index contributed by atoms with van der Waals surface area (Å²) in [6.07, 6.45) is 1.97. The van der Waals surface area contributed by atoms with E-state index in [1.165, 1.54) is 11.8 Å². The number of nitrogens with one attached hydrogen (secondary N) is 2. The van der Waals surface area contributed by atoms with Crippen molar-refractivity contribution in [3.05, 3.63) is 23.8 Å². The molecule has 1 aromatic carbocycles. The van der Waals surface area contributed by atoms with Gasteiger partial charge in [-0.15, -0.1) is 24.2 Å². The first-order chi connectivity index (χ1) is 10.6. The van der Waals surface area contributed by atoms with E-state index in [0.29, 0.717) is 5.56 Å². The fourth-order valence-corrected chi connectivity index (χ4v) is 3.84. The summed E-state index contributed by atoms with van der Waals surface area (Å²) in [4.78, 5) is 27.3. The number of fused-ring (bicyclic) bond motifs is 1. The molecule has 2 N–H and O–H groups in total. The van der Waals surface area contributed by atoms with Crippen LogP contribution in [0.1, 0.15) is 30.1 Å². The average Bonchev–Trinajstić information content (AvgIpc) is 2.55. The van der Waals surface area contributed by atoms with Crippen molar-refractivity contribution in [1.29, 1.82) is 0 Å². The Morgan fingerprint density at radius 3 is 2.70 bits per heavy atom. The molecule has 1 unspecified atom stereocenters. The lowest BCUT2D eigenvalue weighted by Crippen LogP contribution is -2.44. The van der Waals surface area contributed by atoms with Gasteiger partial charge in [-0.2, -0.15) is 0 Å². The van der Waals surface area contributed by atoms with Crippen molar-refractivity contribution in [2.75, 3.05) is 25.5 Å². The van der Waals surface area contributed by atoms with E-state index in [1.807, 2.05) is 31.0 Å². The third-order valence-corrected chi connectivity index (χ3v) is 5.51. The van der Waals surface area contributed by atoms with Crippen LogP contribution in [0.2, 0.25) is 0 Å². The number of anilines is 1. The molecular formula is C16H22ClN3O2S. The monoisotopic (exact) mass is 355 g/mol. The summed E-state index contributed by atoms with van der Waals surface area (Å²) in [5.41, 5.74) is 1.38. The first-order valence-corrected chi connectivity index (χ1v) is 8.53. The number of thioether (sulfide) groups is 1. The van der Waals surface area contributed by atoms with Crippen LogP contribution in [0.5, 0.6) is 0 Å². The van der Waals surface area contributed by atoms with Gasteiger partial charge >= 0.3 is 0 Å². The smallest absolute Gasteiger partial charge is 0.253 e. The maximum absolute atomic E-state index is 12.7. The topological polar surface area (TPSA) is 61.4 Å². The molecule has 1 fully saturated rings. The molecule has 2 aliphatic rings. The van der Waals surface area contributed by atoms with Crippen LogP contribution in [0, 0.1) is 0 Å². The Morgan fingerprint density at radius 2 is 2.00 bits per heavy atom. The lowest BCUT2D eigenvalue weighted by molar-refractivity contribution is -0.115. The highest BCUT2D eigenvalue weighted by Crippen LogP contribution is 2.36. The predicted octanol–water partition coefficient (Wildman–Crippen LogP) is 2.37. The van der Waals surface area contributed by atoms with Crippen LogP contribution in [0.25, 0.3) is 0 Å². The van der Waals surface area contributed by atoms with Crippen molar-refractivity contribution in [3.8, 4) is 0 Å². The van der Waals surface area contributed by atoms with Gasteiger partial charge in [-0.25, -0.2) is 0 Å². The fourth-order valence-electron chi connectivity index (χ4n) is 2.91. The molecule has 7 heteroatoms. The molecule has 1 atom stereocenters. The van der Waals surface area contributed by atoms with Crippen LogP contribution < -0.4 is 10.6 Å². The summed E-state index contributed by atoms with van der Waals surface area (Å²) in [5.74, 6) is 0.0152. The van der Waals surface area contributed by atoms with Gasteiger partial charge in [-0.3, -0.25) is 9.59 Å². The summed E-state index contributed by atoms with van der Waals surface area (Å²) >= 11 is 1.53. The van der Waals surface area contributed by atoms with Gasteiger partial charge in [0.25, 0.3) is 5.91 Å². The molecule has 2 aliphatic heterocycles. The van der Waals surface area contributed by atoms with E-state index in [9.17, 15) is 9.59 Å². The van der Waals surface area contributed by atoms with E-state index in [4.69, 9.17) is 0 Å². The largest absolute Gasteiger partial charge is 0.339 e. The standard InChI is InChI=1S/C16H21N3O2S.ClH/c1-10-15(20)18-13-9-11(3-4-14(13)22-10)16(21)19(2)12-5-7-17-8-6-12;/h3-4,9-10,12,17H,5-8H2,1-2H3,(H,18,20);1H. The number of carbonyl (C=O) groups excluding carboxylic acids is 2. The molecular weight excluding hydrogens is 334 g/mol. The molecule has 0 spiro atoms. The third-order valence-electron chi connectivity index (χ3n) is 4.33. The minimum atomic E-state index is -0.0912. The predicted molar refractivity (Wildman–Crippen MR) is 95.6 cm³/mol. The van der Waals surface area contributed by atoms with E-state index < -0.39 is 0 Å². The molecule has 1 aromatic rings. The molecule has 0 radical (unpaired) electrons. The second-order valence-corrected chi connectivity index (χ2v) is 7.24. The van der Waals surface area contributed by atoms with Crippen LogP contribution in [0.4, 0.5) is 5.69 Å². The van der Waals surface area contributed by atoms with E-state index in [2.05, 4.69) is 10.6 Å². The van der Waals surface area contributed by atoms with Gasteiger partial charge in [-0.05, 0) is 51.1 Å². The van der Waals surface area contributed by atoms with Crippen LogP contribution in [-0.4, -0.2) is 48.1 Å². The minimum absolute atomic E-state index is 0. The summed E-state index contributed by atoms with van der Waals surface area (Å²) < 4.78 is 0. The van der Waals surface area contributed by atoms with E-state index in [0.717, 1.165) is 36.5 Å². The SMILES string of the molecule is CC1Sc2ccc(C(=O)N(C)C3CCNCC3)cc2NC1=O.Cl. The zero-order valence-electron chi connectivity index (χ0n) is 13.3. The molecule has 0 aliphatic carbocycles. The Hall–Kier alpha value is -1.24. The van der Waals surface area contributed by atoms with Gasteiger partial charge in [0.2, 0.25) is 5.91 Å². The Morgan fingerprint density at radius 1 is 1.30 bits per heavy atom. The molecule has 5 nitrogen and oxygen atoms in total. The number of carbonyl (C=O) groups is 2. The van der Waals surface area contributed by atoms with Crippen molar-refractivity contribution >= 4 is 41.7 Å². The molecule has 0 aromatic heterocycles. The number of hydrogen-bond donors (Lipinski definition) is 2. The second kappa shape index (κ2) is 7.55. The van der Waals surface area contributed by atoms with Gasteiger partial charge in [0, 0.05) is 23.5 Å². The Kier molecular flexibility index (Phi) is 5.95. The zero-order valence-corrected chi connectivity index (χ0v) is 14.9. The molecule has 126 valence electrons. The summed E-state index contributed by atoms with van der Waals surface area (Å²) in [7, 11) is 1.87. The Balaban J connectivity index is 0.00000192. The third kappa shape index (κ3) is 3.82. The van der Waals surface area contributed by atoms with E-state index in [-0.39, 0.29) is 35.5 Å². The summed E-state index contributed by atoms with van der Waals surface area (Å²) in [6.45, 7) is 3.79. The van der Waals surface area contributed by atoms with Crippen LogP contribution >= 0.6 is 24.2 Å². The Bertz CT molecular complexity index is 605. The van der Waals surface area contributed by atoms with Crippen LogP contribution in [-0.2, 0) is 4.79 Å². The number of piperidine rings is 1. The molecule has 23 heavy (non-hydrogen) atoms. The molecule has 1 saturated heterocycles. The van der Waals surface area contributed by atoms with Crippen molar-refractivity contribution in [3.63, 3.8) is 0 Å². The van der Waals surface area contributed by atoms with Crippen LogP contribution in [0.15, 0.2) is 23.1 Å². The summed E-state index contributed by atoms with van der Waals surface area (Å²) in [6, 6.07) is 5.87. The summed E-state index contributed by atoms with van der Waals surface area (Å²) in [5, 5.41) is 6.10. The maximum atomic E-state index is 12.7. The van der Waals surface area contributed by atoms with Gasteiger partial charge < -0.3 is 15.5 Å². The number of nitrogens with zero attached hydrogens (tertiary/aromatic N) is 1. The minimum Gasteiger partial charge on any atom is -0.339 e. The number of hydrogen-bond acceptors (Lipinski definition) is 4. The number of halogens is 1. The normalized spacial score (nSPS) is 21.0. The molecule has 0 bridgehead atoms. The zero-order chi connectivity index (χ0) is 15.7. The van der Waals surface area contributed by atoms with Gasteiger partial charge in [0.15, 0.2) is 0 Å². The fraction of sp³-hybridized carbons (Fsp3) is 0.500. The average molecular weight is 356 g/mol. The first kappa shape index (κ1) is 18.1. The number of rotatable bonds is 2. The molecule has 3 rings (SSSR count). The van der Waals surface area contributed by atoms with Crippen molar-refractivity contribution in [2.24, 2.45) is 0 Å². The van der Waals surface area contributed by atoms with Crippen LogP contribution in [0.3, 0.4) is 0 Å². The van der Waals surface area contributed by atoms with E-state index in [1.54, 1.807) is 6.07 Å².